The molecule has 0 saturated carbocycles. The van der Waals surface area contributed by atoms with Crippen molar-refractivity contribution < 1.29 is 9.53 Å². The third-order valence-electron chi connectivity index (χ3n) is 3.60. The van der Waals surface area contributed by atoms with Gasteiger partial charge in [0.2, 0.25) is 0 Å². The van der Waals surface area contributed by atoms with Crippen LogP contribution in [0.3, 0.4) is 0 Å². The summed E-state index contributed by atoms with van der Waals surface area (Å²) >= 11 is 0. The lowest BCUT2D eigenvalue weighted by molar-refractivity contribution is 0.0601. The van der Waals surface area contributed by atoms with E-state index in [4.69, 9.17) is 4.74 Å². The van der Waals surface area contributed by atoms with E-state index in [2.05, 4.69) is 21.7 Å². The van der Waals surface area contributed by atoms with Crippen LogP contribution in [0.4, 0.5) is 0 Å². The zero-order valence-electron chi connectivity index (χ0n) is 12.0. The molecule has 3 rings (SSSR count). The molecule has 0 unspecified atom stereocenters. The second-order valence-electron chi connectivity index (χ2n) is 5.05. The monoisotopic (exact) mass is 280 g/mol. The minimum absolute atomic E-state index is 0.310. The van der Waals surface area contributed by atoms with Crippen molar-refractivity contribution in [3.63, 3.8) is 0 Å². The third kappa shape index (κ3) is 2.65. The molecule has 0 amide bonds. The summed E-state index contributed by atoms with van der Waals surface area (Å²) in [6, 6.07) is 11.8. The van der Waals surface area contributed by atoms with Crippen molar-refractivity contribution in [3.05, 3.63) is 65.7 Å². The van der Waals surface area contributed by atoms with Crippen molar-refractivity contribution in [2.45, 2.75) is 13.5 Å². The maximum atomic E-state index is 11.5. The minimum atomic E-state index is -0.310. The number of carbonyl (C=O) groups excluding carboxylic acids is 1. The van der Waals surface area contributed by atoms with Crippen LogP contribution in [0.5, 0.6) is 0 Å². The molecule has 0 spiro atoms. The molecule has 21 heavy (non-hydrogen) atoms. The van der Waals surface area contributed by atoms with Crippen LogP contribution >= 0.6 is 0 Å². The van der Waals surface area contributed by atoms with E-state index in [-0.39, 0.29) is 5.97 Å². The second-order valence-corrected chi connectivity index (χ2v) is 5.05. The number of imidazole rings is 1. The lowest BCUT2D eigenvalue weighted by Crippen LogP contribution is -2.01. The van der Waals surface area contributed by atoms with Crippen molar-refractivity contribution in [2.24, 2.45) is 0 Å². The van der Waals surface area contributed by atoms with Crippen LogP contribution in [0.1, 0.15) is 21.6 Å². The topological polar surface area (TPSA) is 44.1 Å². The van der Waals surface area contributed by atoms with E-state index >= 15 is 0 Å². The SMILES string of the molecule is COC(=O)c1ccc2cc(Cn3cncc3C)ccc2c1. The normalized spacial score (nSPS) is 10.8. The number of nitrogens with zero attached hydrogens (tertiary/aromatic N) is 2. The van der Waals surface area contributed by atoms with Crippen LogP contribution in [-0.2, 0) is 11.3 Å². The number of esters is 1. The van der Waals surface area contributed by atoms with E-state index < -0.39 is 0 Å². The van der Waals surface area contributed by atoms with Gasteiger partial charge in [-0.05, 0) is 41.5 Å². The average molecular weight is 280 g/mol. The van der Waals surface area contributed by atoms with Crippen molar-refractivity contribution >= 4 is 16.7 Å². The van der Waals surface area contributed by atoms with Gasteiger partial charge in [0.1, 0.15) is 0 Å². The summed E-state index contributed by atoms with van der Waals surface area (Å²) < 4.78 is 6.84. The van der Waals surface area contributed by atoms with E-state index in [1.165, 1.54) is 12.7 Å². The Bertz CT molecular complexity index is 805. The number of carbonyl (C=O) groups is 1. The van der Waals surface area contributed by atoms with Crippen LogP contribution in [0.2, 0.25) is 0 Å². The number of methoxy groups -OCH3 is 1. The summed E-state index contributed by atoms with van der Waals surface area (Å²) in [5.74, 6) is -0.310. The van der Waals surface area contributed by atoms with Crippen LogP contribution in [0.15, 0.2) is 48.9 Å². The van der Waals surface area contributed by atoms with E-state index in [1.54, 1.807) is 6.07 Å². The summed E-state index contributed by atoms with van der Waals surface area (Å²) in [5, 5.41) is 2.14. The fourth-order valence-corrected chi connectivity index (χ4v) is 2.39. The summed E-state index contributed by atoms with van der Waals surface area (Å²) in [5.41, 5.74) is 2.91. The molecule has 3 aromatic rings. The average Bonchev–Trinajstić information content (AvgIpc) is 2.91. The van der Waals surface area contributed by atoms with Gasteiger partial charge in [-0.2, -0.15) is 0 Å². The van der Waals surface area contributed by atoms with Gasteiger partial charge < -0.3 is 9.30 Å². The molecule has 0 radical (unpaired) electrons. The van der Waals surface area contributed by atoms with Gasteiger partial charge in [-0.3, -0.25) is 0 Å². The van der Waals surface area contributed by atoms with Crippen molar-refractivity contribution in [3.8, 4) is 0 Å². The number of benzene rings is 2. The van der Waals surface area contributed by atoms with Crippen molar-refractivity contribution in [2.75, 3.05) is 7.11 Å². The fourth-order valence-electron chi connectivity index (χ4n) is 2.39. The Hall–Kier alpha value is -2.62. The Labute approximate surface area is 123 Å². The lowest BCUT2D eigenvalue weighted by Gasteiger charge is -2.07. The molecule has 0 bridgehead atoms. The van der Waals surface area contributed by atoms with Crippen LogP contribution < -0.4 is 0 Å². The van der Waals surface area contributed by atoms with Gasteiger partial charge in [-0.1, -0.05) is 18.2 Å². The lowest BCUT2D eigenvalue weighted by atomic mass is 10.0. The Kier molecular flexibility index (Phi) is 3.44. The third-order valence-corrected chi connectivity index (χ3v) is 3.60. The van der Waals surface area contributed by atoms with Gasteiger partial charge in [-0.25, -0.2) is 9.78 Å². The Balaban J connectivity index is 1.94. The number of aryl methyl sites for hydroxylation is 1. The van der Waals surface area contributed by atoms with Gasteiger partial charge in [-0.15, -0.1) is 0 Å². The highest BCUT2D eigenvalue weighted by atomic mass is 16.5. The number of ether oxygens (including phenoxy) is 1. The van der Waals surface area contributed by atoms with Gasteiger partial charge >= 0.3 is 5.97 Å². The number of aromatic nitrogens is 2. The molecular formula is C17H16N2O2. The number of hydrogen-bond donors (Lipinski definition) is 0. The van der Waals surface area contributed by atoms with Crippen molar-refractivity contribution in [1.29, 1.82) is 0 Å². The molecule has 106 valence electrons. The zero-order chi connectivity index (χ0) is 14.8. The van der Waals surface area contributed by atoms with E-state index in [9.17, 15) is 4.79 Å². The first-order chi connectivity index (χ1) is 10.2. The second kappa shape index (κ2) is 5.40. The van der Waals surface area contributed by atoms with Crippen LogP contribution in [0.25, 0.3) is 10.8 Å². The predicted molar refractivity (Wildman–Crippen MR) is 81.4 cm³/mol. The molecule has 0 atom stereocenters. The Morgan fingerprint density at radius 1 is 1.19 bits per heavy atom. The summed E-state index contributed by atoms with van der Waals surface area (Å²) in [6.45, 7) is 2.83. The molecule has 0 aliphatic rings. The van der Waals surface area contributed by atoms with Crippen LogP contribution in [0, 0.1) is 6.92 Å². The Morgan fingerprint density at radius 3 is 2.67 bits per heavy atom. The zero-order valence-corrected chi connectivity index (χ0v) is 12.0. The van der Waals surface area contributed by atoms with Gasteiger partial charge in [0, 0.05) is 18.4 Å². The van der Waals surface area contributed by atoms with Crippen molar-refractivity contribution in [1.82, 2.24) is 9.55 Å². The molecule has 0 fully saturated rings. The maximum absolute atomic E-state index is 11.5. The first-order valence-corrected chi connectivity index (χ1v) is 6.75. The quantitative estimate of drug-likeness (QED) is 0.692. The molecule has 0 aliphatic heterocycles. The number of fused-ring (bicyclic) bond motifs is 1. The predicted octanol–water partition coefficient (Wildman–Crippen LogP) is 3.18. The molecule has 0 N–H and O–H groups in total. The number of rotatable bonds is 3. The highest BCUT2D eigenvalue weighted by Gasteiger charge is 2.06. The van der Waals surface area contributed by atoms with E-state index in [0.29, 0.717) is 5.56 Å². The smallest absolute Gasteiger partial charge is 0.337 e. The van der Waals surface area contributed by atoms with Gasteiger partial charge in [0.05, 0.1) is 19.0 Å². The molecule has 2 aromatic carbocycles. The first kappa shape index (κ1) is 13.4. The molecule has 0 saturated heterocycles. The molecule has 4 heteroatoms. The Morgan fingerprint density at radius 2 is 1.95 bits per heavy atom. The van der Waals surface area contributed by atoms with Crippen LogP contribution in [-0.4, -0.2) is 22.6 Å². The molecule has 0 aliphatic carbocycles. The standard InChI is InChI=1S/C17H16N2O2/c1-12-9-18-11-19(12)10-13-3-4-15-8-16(17(20)21-2)6-5-14(15)7-13/h3-9,11H,10H2,1-2H3. The summed E-state index contributed by atoms with van der Waals surface area (Å²) in [6.07, 6.45) is 3.68. The van der Waals surface area contributed by atoms with E-state index in [1.807, 2.05) is 37.6 Å². The fraction of sp³-hybridized carbons (Fsp3) is 0.176. The summed E-state index contributed by atoms with van der Waals surface area (Å²) in [7, 11) is 1.39. The van der Waals surface area contributed by atoms with E-state index in [0.717, 1.165) is 23.0 Å². The minimum Gasteiger partial charge on any atom is -0.465 e. The largest absolute Gasteiger partial charge is 0.465 e. The number of hydrogen-bond acceptors (Lipinski definition) is 3. The molecule has 1 heterocycles. The summed E-state index contributed by atoms with van der Waals surface area (Å²) in [4.78, 5) is 15.7. The highest BCUT2D eigenvalue weighted by Crippen LogP contribution is 2.19. The maximum Gasteiger partial charge on any atom is 0.337 e. The highest BCUT2D eigenvalue weighted by molar-refractivity contribution is 5.95. The van der Waals surface area contributed by atoms with Gasteiger partial charge in [0.15, 0.2) is 0 Å². The molecule has 4 nitrogen and oxygen atoms in total. The first-order valence-electron chi connectivity index (χ1n) is 6.75. The molecule has 1 aromatic heterocycles. The molecular weight excluding hydrogens is 264 g/mol. The van der Waals surface area contributed by atoms with Gasteiger partial charge in [0.25, 0.3) is 0 Å².